The van der Waals surface area contributed by atoms with E-state index < -0.39 is 16.9 Å². The van der Waals surface area contributed by atoms with Crippen molar-refractivity contribution in [3.8, 4) is 0 Å². The van der Waals surface area contributed by atoms with Crippen LogP contribution in [0.5, 0.6) is 0 Å². The van der Waals surface area contributed by atoms with Crippen molar-refractivity contribution in [1.29, 1.82) is 0 Å². The number of aliphatic carboxylic acids is 1. The highest BCUT2D eigenvalue weighted by Crippen LogP contribution is 2.13. The highest BCUT2D eigenvalue weighted by atomic mass is 16.6. The zero-order chi connectivity index (χ0) is 12.8. The van der Waals surface area contributed by atoms with Crippen molar-refractivity contribution < 1.29 is 19.6 Å². The monoisotopic (exact) mass is 236 g/mol. The van der Waals surface area contributed by atoms with E-state index in [1.807, 2.05) is 0 Å². The molecule has 1 unspecified atom stereocenters. The van der Waals surface area contributed by atoms with Crippen LogP contribution in [0.4, 0.5) is 5.69 Å². The van der Waals surface area contributed by atoms with Gasteiger partial charge in [0.15, 0.2) is 6.04 Å². The fraction of sp³-hybridized carbons (Fsp3) is 0.200. The third-order valence-corrected chi connectivity index (χ3v) is 2.07. The molecule has 1 rings (SSSR count). The summed E-state index contributed by atoms with van der Waals surface area (Å²) in [7, 11) is 0. The van der Waals surface area contributed by atoms with Gasteiger partial charge in [0.25, 0.3) is 5.69 Å². The molecule has 0 aromatic heterocycles. The van der Waals surface area contributed by atoms with E-state index >= 15 is 0 Å². The van der Waals surface area contributed by atoms with Gasteiger partial charge in [-0.25, -0.2) is 9.59 Å². The minimum Gasteiger partial charge on any atom is -0.480 e. The van der Waals surface area contributed by atoms with Crippen LogP contribution in [0.3, 0.4) is 0 Å². The predicted octanol–water partition coefficient (Wildman–Crippen LogP) is 0.926. The summed E-state index contributed by atoms with van der Waals surface area (Å²) in [5, 5.41) is 19.1. The zero-order valence-electron chi connectivity index (χ0n) is 8.57. The number of nitro groups is 1. The van der Waals surface area contributed by atoms with E-state index in [-0.39, 0.29) is 12.1 Å². The summed E-state index contributed by atoms with van der Waals surface area (Å²) in [6.45, 7) is 0. The molecule has 17 heavy (non-hydrogen) atoms. The lowest BCUT2D eigenvalue weighted by molar-refractivity contribution is -0.384. The average Bonchev–Trinajstić information content (AvgIpc) is 2.29. The van der Waals surface area contributed by atoms with Crippen molar-refractivity contribution in [2.45, 2.75) is 12.5 Å². The van der Waals surface area contributed by atoms with E-state index in [0.29, 0.717) is 5.56 Å². The smallest absolute Gasteiger partial charge is 0.329 e. The van der Waals surface area contributed by atoms with Gasteiger partial charge in [-0.15, -0.1) is 0 Å². The van der Waals surface area contributed by atoms with Crippen molar-refractivity contribution in [3.05, 3.63) is 39.9 Å². The quantitative estimate of drug-likeness (QED) is 0.354. The molecule has 1 aromatic carbocycles. The molecule has 0 bridgehead atoms. The van der Waals surface area contributed by atoms with E-state index in [4.69, 9.17) is 5.11 Å². The van der Waals surface area contributed by atoms with Crippen LogP contribution in [0.25, 0.3) is 0 Å². The molecule has 0 saturated carbocycles. The van der Waals surface area contributed by atoms with Gasteiger partial charge in [0.1, 0.15) is 0 Å². The summed E-state index contributed by atoms with van der Waals surface area (Å²) >= 11 is 0. The summed E-state index contributed by atoms with van der Waals surface area (Å²) < 4.78 is 0. The molecule has 0 aliphatic heterocycles. The van der Waals surface area contributed by atoms with Crippen LogP contribution in [-0.2, 0) is 16.0 Å². The second-order valence-electron chi connectivity index (χ2n) is 3.20. The zero-order valence-corrected chi connectivity index (χ0v) is 8.57. The fourth-order valence-electron chi connectivity index (χ4n) is 1.23. The highest BCUT2D eigenvalue weighted by molar-refractivity contribution is 5.75. The molecular formula is C10H8N2O5. The van der Waals surface area contributed by atoms with E-state index in [1.54, 1.807) is 0 Å². The van der Waals surface area contributed by atoms with E-state index in [9.17, 15) is 19.7 Å². The molecule has 0 aliphatic rings. The van der Waals surface area contributed by atoms with Crippen LogP contribution in [0.2, 0.25) is 0 Å². The lowest BCUT2D eigenvalue weighted by Crippen LogP contribution is -2.20. The number of carboxylic acids is 1. The van der Waals surface area contributed by atoms with Gasteiger partial charge in [-0.2, -0.15) is 4.99 Å². The van der Waals surface area contributed by atoms with Crippen LogP contribution < -0.4 is 0 Å². The Labute approximate surface area is 95.6 Å². The molecule has 0 heterocycles. The van der Waals surface area contributed by atoms with Crippen LogP contribution in [0.1, 0.15) is 5.56 Å². The van der Waals surface area contributed by atoms with Gasteiger partial charge in [0.05, 0.1) is 4.92 Å². The minimum absolute atomic E-state index is 0.0113. The van der Waals surface area contributed by atoms with Gasteiger partial charge in [0, 0.05) is 18.6 Å². The number of nitro benzene ring substituents is 1. The summed E-state index contributed by atoms with van der Waals surface area (Å²) in [6, 6.07) is 4.16. The maximum absolute atomic E-state index is 10.7. The van der Waals surface area contributed by atoms with Crippen molar-refractivity contribution in [2.24, 2.45) is 4.99 Å². The maximum Gasteiger partial charge on any atom is 0.329 e. The molecule has 0 amide bonds. The van der Waals surface area contributed by atoms with E-state index in [2.05, 4.69) is 4.99 Å². The Morgan fingerprint density at radius 3 is 2.47 bits per heavy atom. The predicted molar refractivity (Wildman–Crippen MR) is 56.3 cm³/mol. The number of carbonyl (C=O) groups excluding carboxylic acids is 1. The number of isocyanates is 1. The largest absolute Gasteiger partial charge is 0.480 e. The lowest BCUT2D eigenvalue weighted by Gasteiger charge is -2.04. The molecular weight excluding hydrogens is 228 g/mol. The van der Waals surface area contributed by atoms with E-state index in [0.717, 1.165) is 0 Å². The minimum atomic E-state index is -1.24. The Hall–Kier alpha value is -2.53. The number of rotatable bonds is 5. The third kappa shape index (κ3) is 3.51. The standard InChI is InChI=1S/C10H8N2O5/c13-6-11-9(10(14)15)5-7-1-3-8(4-2-7)12(16)17/h1-4,9H,5H2,(H,14,15). The molecule has 1 aromatic rings. The van der Waals surface area contributed by atoms with Gasteiger partial charge in [-0.1, -0.05) is 12.1 Å². The Kier molecular flexibility index (Phi) is 4.08. The molecule has 1 atom stereocenters. The van der Waals surface area contributed by atoms with Crippen molar-refractivity contribution in [3.63, 3.8) is 0 Å². The number of nitrogens with zero attached hydrogens (tertiary/aromatic N) is 2. The first-order valence-electron chi connectivity index (χ1n) is 4.57. The van der Waals surface area contributed by atoms with Gasteiger partial charge >= 0.3 is 5.97 Å². The van der Waals surface area contributed by atoms with Crippen LogP contribution in [-0.4, -0.2) is 28.1 Å². The van der Waals surface area contributed by atoms with Crippen molar-refractivity contribution in [1.82, 2.24) is 0 Å². The van der Waals surface area contributed by atoms with Crippen LogP contribution in [0, 0.1) is 10.1 Å². The van der Waals surface area contributed by atoms with Crippen molar-refractivity contribution >= 4 is 17.7 Å². The Bertz CT molecular complexity index is 474. The third-order valence-electron chi connectivity index (χ3n) is 2.07. The summed E-state index contributed by atoms with van der Waals surface area (Å²) in [4.78, 5) is 33.7. The molecule has 1 N–H and O–H groups in total. The molecule has 0 saturated heterocycles. The van der Waals surface area contributed by atoms with Crippen LogP contribution >= 0.6 is 0 Å². The first-order valence-corrected chi connectivity index (χ1v) is 4.57. The summed E-state index contributed by atoms with van der Waals surface area (Å²) in [6.07, 6.45) is 1.17. The maximum atomic E-state index is 10.7. The number of carboxylic acid groups (broad SMARTS) is 1. The molecule has 7 heteroatoms. The first kappa shape index (κ1) is 12.5. The summed E-state index contributed by atoms with van der Waals surface area (Å²) in [5.41, 5.74) is 0.460. The number of hydrogen-bond acceptors (Lipinski definition) is 5. The number of non-ortho nitro benzene ring substituents is 1. The fourth-order valence-corrected chi connectivity index (χ4v) is 1.23. The molecule has 0 aliphatic carbocycles. The molecule has 7 nitrogen and oxygen atoms in total. The molecule has 0 radical (unpaired) electrons. The lowest BCUT2D eigenvalue weighted by atomic mass is 10.1. The number of carbonyl (C=O) groups is 1. The topological polar surface area (TPSA) is 110 Å². The van der Waals surface area contributed by atoms with Gasteiger partial charge in [-0.3, -0.25) is 10.1 Å². The first-order chi connectivity index (χ1) is 8.04. The second-order valence-corrected chi connectivity index (χ2v) is 3.20. The van der Waals surface area contributed by atoms with Crippen molar-refractivity contribution in [2.75, 3.05) is 0 Å². The second kappa shape index (κ2) is 5.53. The summed E-state index contributed by atoms with van der Waals surface area (Å²) in [5.74, 6) is -1.24. The average molecular weight is 236 g/mol. The molecule has 0 spiro atoms. The molecule has 0 fully saturated rings. The number of aliphatic imine (C=N–C) groups is 1. The van der Waals surface area contributed by atoms with Gasteiger partial charge in [-0.05, 0) is 5.56 Å². The number of benzene rings is 1. The SMILES string of the molecule is O=C=NC(Cc1ccc([N+](=O)[O-])cc1)C(=O)O. The van der Waals surface area contributed by atoms with Crippen LogP contribution in [0.15, 0.2) is 29.3 Å². The Morgan fingerprint density at radius 1 is 1.47 bits per heavy atom. The van der Waals surface area contributed by atoms with Gasteiger partial charge < -0.3 is 5.11 Å². The number of hydrogen-bond donors (Lipinski definition) is 1. The normalized spacial score (nSPS) is 11.3. The van der Waals surface area contributed by atoms with E-state index in [1.165, 1.54) is 30.3 Å². The van der Waals surface area contributed by atoms with Gasteiger partial charge in [0.2, 0.25) is 6.08 Å². The Morgan fingerprint density at radius 2 is 2.06 bits per heavy atom. The Balaban J connectivity index is 2.83. The highest BCUT2D eigenvalue weighted by Gasteiger charge is 2.17. The molecule has 88 valence electrons.